The summed E-state index contributed by atoms with van der Waals surface area (Å²) >= 11 is 0. The van der Waals surface area contributed by atoms with E-state index in [4.69, 9.17) is 0 Å². The fraction of sp³-hybridized carbons (Fsp3) is 0.312. The van der Waals surface area contributed by atoms with Gasteiger partial charge in [0.2, 0.25) is 11.7 Å². The maximum absolute atomic E-state index is 12.8. The molecule has 1 N–H and O–H groups in total. The molecule has 0 aliphatic carbocycles. The Hall–Kier alpha value is -2.44. The first-order valence-electron chi connectivity index (χ1n) is 6.90. The number of alkyl halides is 3. The molecule has 122 valence electrons. The number of carbonyl (C=O) groups excluding carboxylic acids is 1. The van der Waals surface area contributed by atoms with E-state index < -0.39 is 17.4 Å². The Labute approximate surface area is 131 Å². The summed E-state index contributed by atoms with van der Waals surface area (Å²) in [6, 6.07) is 7.94. The maximum Gasteiger partial charge on any atom is 0.451 e. The van der Waals surface area contributed by atoms with Gasteiger partial charge in [0.25, 0.3) is 0 Å². The van der Waals surface area contributed by atoms with Gasteiger partial charge in [0.05, 0.1) is 11.4 Å². The molecule has 2 aromatic rings. The maximum atomic E-state index is 12.8. The molecule has 0 fully saturated rings. The van der Waals surface area contributed by atoms with E-state index in [0.717, 1.165) is 6.20 Å². The van der Waals surface area contributed by atoms with Gasteiger partial charge in [0, 0.05) is 17.2 Å². The monoisotopic (exact) mass is 323 g/mol. The van der Waals surface area contributed by atoms with Gasteiger partial charge in [-0.2, -0.15) is 13.2 Å². The quantitative estimate of drug-likeness (QED) is 0.903. The number of anilines is 1. The number of hydrogen-bond donors (Lipinski definition) is 1. The second-order valence-electron chi connectivity index (χ2n) is 6.01. The van der Waals surface area contributed by atoms with Crippen LogP contribution in [0.25, 0.3) is 11.3 Å². The van der Waals surface area contributed by atoms with Crippen molar-refractivity contribution in [2.24, 2.45) is 5.41 Å². The molecule has 0 aliphatic rings. The fourth-order valence-electron chi connectivity index (χ4n) is 1.77. The minimum absolute atomic E-state index is 0.0946. The molecule has 4 nitrogen and oxygen atoms in total. The van der Waals surface area contributed by atoms with Crippen molar-refractivity contribution in [1.82, 2.24) is 9.97 Å². The zero-order valence-corrected chi connectivity index (χ0v) is 12.9. The Kier molecular flexibility index (Phi) is 4.40. The van der Waals surface area contributed by atoms with Gasteiger partial charge >= 0.3 is 6.18 Å². The molecule has 0 saturated heterocycles. The number of hydrogen-bond acceptors (Lipinski definition) is 3. The highest BCUT2D eigenvalue weighted by molar-refractivity contribution is 5.97. The second kappa shape index (κ2) is 5.98. The molecule has 7 heteroatoms. The van der Waals surface area contributed by atoms with Crippen LogP contribution in [-0.2, 0) is 11.0 Å². The van der Waals surface area contributed by atoms with Crippen LogP contribution >= 0.6 is 0 Å². The molecule has 23 heavy (non-hydrogen) atoms. The molecule has 0 radical (unpaired) electrons. The van der Waals surface area contributed by atoms with Crippen molar-refractivity contribution in [2.45, 2.75) is 26.9 Å². The van der Waals surface area contributed by atoms with Crippen molar-refractivity contribution in [1.29, 1.82) is 0 Å². The Morgan fingerprint density at radius 3 is 2.35 bits per heavy atom. The van der Waals surface area contributed by atoms with Crippen LogP contribution in [0.15, 0.2) is 36.5 Å². The van der Waals surface area contributed by atoms with E-state index in [1.807, 2.05) is 0 Å². The first-order valence-corrected chi connectivity index (χ1v) is 6.90. The van der Waals surface area contributed by atoms with E-state index >= 15 is 0 Å². The van der Waals surface area contributed by atoms with Gasteiger partial charge in [-0.1, -0.05) is 39.0 Å². The van der Waals surface area contributed by atoms with Gasteiger partial charge in [0.1, 0.15) is 0 Å². The largest absolute Gasteiger partial charge is 0.451 e. The van der Waals surface area contributed by atoms with Crippen LogP contribution in [0.1, 0.15) is 26.6 Å². The molecule has 0 bridgehead atoms. The molecule has 0 unspecified atom stereocenters. The zero-order chi connectivity index (χ0) is 17.3. The summed E-state index contributed by atoms with van der Waals surface area (Å²) in [5.74, 6) is -1.46. The van der Waals surface area contributed by atoms with Gasteiger partial charge in [0.15, 0.2) is 0 Å². The zero-order valence-electron chi connectivity index (χ0n) is 12.9. The summed E-state index contributed by atoms with van der Waals surface area (Å²) in [4.78, 5) is 18.9. The fourth-order valence-corrected chi connectivity index (χ4v) is 1.77. The van der Waals surface area contributed by atoms with E-state index in [9.17, 15) is 18.0 Å². The number of para-hydroxylation sites is 1. The molecular weight excluding hydrogens is 307 g/mol. The lowest BCUT2D eigenvalue weighted by Gasteiger charge is -2.19. The highest BCUT2D eigenvalue weighted by Gasteiger charge is 2.34. The molecular formula is C16H16F3N3O. The third-order valence-electron chi connectivity index (χ3n) is 3.04. The Balaban J connectivity index is 2.44. The van der Waals surface area contributed by atoms with E-state index in [1.165, 1.54) is 6.07 Å². The molecule has 2 rings (SSSR count). The van der Waals surface area contributed by atoms with Crippen molar-refractivity contribution < 1.29 is 18.0 Å². The first-order chi connectivity index (χ1) is 10.6. The molecule has 1 heterocycles. The van der Waals surface area contributed by atoms with E-state index in [0.29, 0.717) is 11.3 Å². The van der Waals surface area contributed by atoms with Gasteiger partial charge in [-0.15, -0.1) is 0 Å². The van der Waals surface area contributed by atoms with E-state index in [2.05, 4.69) is 15.3 Å². The minimum atomic E-state index is -4.63. The lowest BCUT2D eigenvalue weighted by Crippen LogP contribution is -2.27. The van der Waals surface area contributed by atoms with Crippen LogP contribution in [0.2, 0.25) is 0 Å². The normalized spacial score (nSPS) is 12.1. The summed E-state index contributed by atoms with van der Waals surface area (Å²) in [5.41, 5.74) is 0.269. The number of rotatable bonds is 2. The number of benzene rings is 1. The molecule has 1 amide bonds. The van der Waals surface area contributed by atoms with Crippen molar-refractivity contribution in [3.63, 3.8) is 0 Å². The van der Waals surface area contributed by atoms with Gasteiger partial charge in [-0.05, 0) is 12.1 Å². The van der Waals surface area contributed by atoms with Crippen LogP contribution in [-0.4, -0.2) is 15.9 Å². The highest BCUT2D eigenvalue weighted by atomic mass is 19.4. The van der Waals surface area contributed by atoms with Crippen LogP contribution in [0.4, 0.5) is 18.9 Å². The summed E-state index contributed by atoms with van der Waals surface area (Å²) in [5, 5.41) is 2.73. The number of halogens is 3. The Morgan fingerprint density at radius 1 is 1.09 bits per heavy atom. The van der Waals surface area contributed by atoms with E-state index in [-0.39, 0.29) is 11.6 Å². The molecule has 0 aliphatic heterocycles. The van der Waals surface area contributed by atoms with Crippen molar-refractivity contribution in [3.05, 3.63) is 42.4 Å². The SMILES string of the molecule is CC(C)(C)C(=O)Nc1ccccc1-c1ccnc(C(F)(F)F)n1. The van der Waals surface area contributed by atoms with Crippen LogP contribution in [0.3, 0.4) is 0 Å². The van der Waals surface area contributed by atoms with Crippen LogP contribution in [0, 0.1) is 5.41 Å². The second-order valence-corrected chi connectivity index (χ2v) is 6.01. The average molecular weight is 323 g/mol. The molecule has 1 aromatic heterocycles. The number of aromatic nitrogens is 2. The first kappa shape index (κ1) is 16.9. The topological polar surface area (TPSA) is 54.9 Å². The van der Waals surface area contributed by atoms with Crippen molar-refractivity contribution >= 4 is 11.6 Å². The van der Waals surface area contributed by atoms with Gasteiger partial charge in [-0.3, -0.25) is 4.79 Å². The van der Waals surface area contributed by atoms with Crippen molar-refractivity contribution in [3.8, 4) is 11.3 Å². The Bertz CT molecular complexity index is 721. The van der Waals surface area contributed by atoms with Crippen molar-refractivity contribution in [2.75, 3.05) is 5.32 Å². The summed E-state index contributed by atoms with van der Waals surface area (Å²) < 4.78 is 38.3. The lowest BCUT2D eigenvalue weighted by atomic mass is 9.95. The number of nitrogens with one attached hydrogen (secondary N) is 1. The van der Waals surface area contributed by atoms with E-state index in [1.54, 1.807) is 45.0 Å². The predicted octanol–water partition coefficient (Wildman–Crippen LogP) is 4.15. The summed E-state index contributed by atoms with van der Waals surface area (Å²) in [6.45, 7) is 5.24. The minimum Gasteiger partial charge on any atom is -0.325 e. The molecule has 0 atom stereocenters. The summed E-state index contributed by atoms with van der Waals surface area (Å²) in [7, 11) is 0. The predicted molar refractivity (Wildman–Crippen MR) is 80.6 cm³/mol. The lowest BCUT2D eigenvalue weighted by molar-refractivity contribution is -0.144. The number of carbonyl (C=O) groups is 1. The van der Waals surface area contributed by atoms with Gasteiger partial charge in [-0.25, -0.2) is 9.97 Å². The third kappa shape index (κ3) is 4.06. The standard InChI is InChI=1S/C16H16F3N3O/c1-15(2,3)14(23)22-11-7-5-4-6-10(11)12-8-9-20-13(21-12)16(17,18)19/h4-9H,1-3H3,(H,22,23). The Morgan fingerprint density at radius 2 is 1.74 bits per heavy atom. The smallest absolute Gasteiger partial charge is 0.325 e. The van der Waals surface area contributed by atoms with Crippen LogP contribution in [0.5, 0.6) is 0 Å². The number of nitrogens with zero attached hydrogens (tertiary/aromatic N) is 2. The third-order valence-corrected chi connectivity index (χ3v) is 3.04. The molecule has 1 aromatic carbocycles. The highest BCUT2D eigenvalue weighted by Crippen LogP contribution is 2.31. The van der Waals surface area contributed by atoms with Gasteiger partial charge < -0.3 is 5.32 Å². The van der Waals surface area contributed by atoms with Crippen LogP contribution < -0.4 is 5.32 Å². The molecule has 0 saturated carbocycles. The average Bonchev–Trinajstić information content (AvgIpc) is 2.46. The molecule has 0 spiro atoms. The summed E-state index contributed by atoms with van der Waals surface area (Å²) in [6.07, 6.45) is -3.58. The number of amides is 1.